The molecule has 0 unspecified atom stereocenters. The van der Waals surface area contributed by atoms with Gasteiger partial charge in [0.05, 0.1) is 12.1 Å². The Hall–Kier alpha value is -3.03. The van der Waals surface area contributed by atoms with Crippen LogP contribution in [0.2, 0.25) is 5.02 Å². The molecule has 2 aromatic carbocycles. The van der Waals surface area contributed by atoms with E-state index in [4.69, 9.17) is 21.3 Å². The molecule has 2 aromatic heterocycles. The molecule has 1 aliphatic rings. The van der Waals surface area contributed by atoms with E-state index in [1.807, 2.05) is 68.7 Å². The number of hydrogen-bond donors (Lipinski definition) is 0. The SMILES string of the molecule is Cc1nnc2n1-c1sc3ccccc3c1C(c1ccc(Cl)cc1)=N[C@H]2CC(=O)OC(C)(C)C. The van der Waals surface area contributed by atoms with Crippen LogP contribution >= 0.6 is 22.9 Å². The van der Waals surface area contributed by atoms with Crippen molar-refractivity contribution in [2.24, 2.45) is 4.99 Å². The van der Waals surface area contributed by atoms with E-state index < -0.39 is 11.6 Å². The number of carbonyl (C=O) groups is 1. The van der Waals surface area contributed by atoms with Gasteiger partial charge < -0.3 is 4.74 Å². The molecule has 5 rings (SSSR count). The van der Waals surface area contributed by atoms with Crippen LogP contribution in [0.3, 0.4) is 0 Å². The van der Waals surface area contributed by atoms with Crippen molar-refractivity contribution in [3.63, 3.8) is 0 Å². The van der Waals surface area contributed by atoms with Gasteiger partial charge in [0.25, 0.3) is 0 Å². The van der Waals surface area contributed by atoms with Crippen LogP contribution < -0.4 is 0 Å². The van der Waals surface area contributed by atoms with Crippen molar-refractivity contribution in [1.82, 2.24) is 14.8 Å². The van der Waals surface area contributed by atoms with Crippen LogP contribution in [0.25, 0.3) is 15.1 Å². The van der Waals surface area contributed by atoms with E-state index in [0.29, 0.717) is 10.8 Å². The van der Waals surface area contributed by atoms with Crippen LogP contribution in [0, 0.1) is 6.92 Å². The Bertz CT molecular complexity index is 1400. The molecule has 0 N–H and O–H groups in total. The summed E-state index contributed by atoms with van der Waals surface area (Å²) in [5, 5.41) is 11.5. The van der Waals surface area contributed by atoms with Gasteiger partial charge in [-0.2, -0.15) is 0 Å². The highest BCUT2D eigenvalue weighted by molar-refractivity contribution is 7.22. The molecule has 168 valence electrons. The molecular formula is C25H23ClN4O2S. The van der Waals surface area contributed by atoms with E-state index in [0.717, 1.165) is 37.8 Å². The normalized spacial score (nSPS) is 15.5. The molecule has 1 aliphatic heterocycles. The number of ether oxygens (including phenoxy) is 1. The van der Waals surface area contributed by atoms with Crippen LogP contribution in [0.15, 0.2) is 53.5 Å². The Morgan fingerprint density at radius 1 is 1.12 bits per heavy atom. The first-order valence-electron chi connectivity index (χ1n) is 10.7. The molecule has 0 saturated carbocycles. The third kappa shape index (κ3) is 4.07. The summed E-state index contributed by atoms with van der Waals surface area (Å²) in [7, 11) is 0. The van der Waals surface area contributed by atoms with E-state index in [1.165, 1.54) is 0 Å². The van der Waals surface area contributed by atoms with Gasteiger partial charge in [-0.1, -0.05) is 41.9 Å². The number of fused-ring (bicyclic) bond motifs is 5. The highest BCUT2D eigenvalue weighted by atomic mass is 35.5. The number of aryl methyl sites for hydroxylation is 1. The predicted molar refractivity (Wildman–Crippen MR) is 132 cm³/mol. The first-order chi connectivity index (χ1) is 15.7. The van der Waals surface area contributed by atoms with Gasteiger partial charge in [0, 0.05) is 26.2 Å². The second kappa shape index (κ2) is 8.08. The van der Waals surface area contributed by atoms with Crippen LogP contribution in [-0.2, 0) is 9.53 Å². The third-order valence-corrected chi connectivity index (χ3v) is 6.76. The minimum atomic E-state index is -0.580. The van der Waals surface area contributed by atoms with Gasteiger partial charge in [0.1, 0.15) is 22.5 Å². The minimum Gasteiger partial charge on any atom is -0.460 e. The zero-order valence-electron chi connectivity index (χ0n) is 18.8. The Kier molecular flexibility index (Phi) is 5.34. The molecule has 0 bridgehead atoms. The number of esters is 1. The molecule has 0 radical (unpaired) electrons. The topological polar surface area (TPSA) is 69.4 Å². The van der Waals surface area contributed by atoms with Crippen LogP contribution in [0.4, 0.5) is 0 Å². The van der Waals surface area contributed by atoms with E-state index in [1.54, 1.807) is 11.3 Å². The summed E-state index contributed by atoms with van der Waals surface area (Å²) in [5.74, 6) is 1.06. The van der Waals surface area contributed by atoms with Gasteiger partial charge in [-0.25, -0.2) is 0 Å². The van der Waals surface area contributed by atoms with E-state index in [2.05, 4.69) is 22.3 Å². The number of thiophene rings is 1. The highest BCUT2D eigenvalue weighted by Gasteiger charge is 2.33. The molecule has 0 amide bonds. The lowest BCUT2D eigenvalue weighted by Gasteiger charge is -2.21. The number of hydrogen-bond acceptors (Lipinski definition) is 6. The average molecular weight is 479 g/mol. The van der Waals surface area contributed by atoms with E-state index in [-0.39, 0.29) is 12.4 Å². The molecule has 0 saturated heterocycles. The van der Waals surface area contributed by atoms with Gasteiger partial charge in [0.15, 0.2) is 5.82 Å². The second-order valence-electron chi connectivity index (χ2n) is 9.01. The fraction of sp³-hybridized carbons (Fsp3) is 0.280. The molecule has 6 nitrogen and oxygen atoms in total. The van der Waals surface area contributed by atoms with Crippen molar-refractivity contribution < 1.29 is 9.53 Å². The fourth-order valence-corrected chi connectivity index (χ4v) is 5.43. The average Bonchev–Trinajstić information content (AvgIpc) is 3.27. The van der Waals surface area contributed by atoms with Gasteiger partial charge >= 0.3 is 5.97 Å². The van der Waals surface area contributed by atoms with Crippen molar-refractivity contribution in [2.75, 3.05) is 0 Å². The third-order valence-electron chi connectivity index (χ3n) is 5.35. The maximum Gasteiger partial charge on any atom is 0.308 e. The number of rotatable bonds is 3. The lowest BCUT2D eigenvalue weighted by atomic mass is 10.0. The van der Waals surface area contributed by atoms with Gasteiger partial charge in [-0.05, 0) is 45.9 Å². The Morgan fingerprint density at radius 3 is 2.58 bits per heavy atom. The molecule has 0 fully saturated rings. The number of benzene rings is 2. The molecule has 0 spiro atoms. The maximum absolute atomic E-state index is 12.8. The van der Waals surface area contributed by atoms with Gasteiger partial charge in [-0.15, -0.1) is 21.5 Å². The molecule has 4 aromatic rings. The molecule has 1 atom stereocenters. The number of halogens is 1. The molecule has 33 heavy (non-hydrogen) atoms. The van der Waals surface area contributed by atoms with E-state index >= 15 is 0 Å². The van der Waals surface area contributed by atoms with Crippen molar-refractivity contribution in [1.29, 1.82) is 0 Å². The van der Waals surface area contributed by atoms with Crippen molar-refractivity contribution in [3.05, 3.63) is 76.3 Å². The summed E-state index contributed by atoms with van der Waals surface area (Å²) in [5.41, 5.74) is 2.16. The van der Waals surface area contributed by atoms with Gasteiger partial charge in [-0.3, -0.25) is 14.4 Å². The highest BCUT2D eigenvalue weighted by Crippen LogP contribution is 2.41. The summed E-state index contributed by atoms with van der Waals surface area (Å²) < 4.78 is 8.78. The predicted octanol–water partition coefficient (Wildman–Crippen LogP) is 6.07. The summed E-state index contributed by atoms with van der Waals surface area (Å²) in [4.78, 5) is 17.9. The summed E-state index contributed by atoms with van der Waals surface area (Å²) >= 11 is 7.84. The number of carbonyl (C=O) groups excluding carboxylic acids is 1. The largest absolute Gasteiger partial charge is 0.460 e. The molecule has 3 heterocycles. The Morgan fingerprint density at radius 2 is 1.85 bits per heavy atom. The van der Waals surface area contributed by atoms with E-state index in [9.17, 15) is 4.79 Å². The smallest absolute Gasteiger partial charge is 0.308 e. The lowest BCUT2D eigenvalue weighted by Crippen LogP contribution is -2.25. The van der Waals surface area contributed by atoms with Crippen LogP contribution in [-0.4, -0.2) is 32.0 Å². The van der Waals surface area contributed by atoms with Crippen molar-refractivity contribution >= 4 is 44.7 Å². The number of nitrogens with zero attached hydrogens (tertiary/aromatic N) is 4. The monoisotopic (exact) mass is 478 g/mol. The zero-order valence-corrected chi connectivity index (χ0v) is 20.4. The summed E-state index contributed by atoms with van der Waals surface area (Å²) in [6, 6.07) is 15.3. The molecule has 8 heteroatoms. The first-order valence-corrected chi connectivity index (χ1v) is 11.9. The Labute approximate surface area is 200 Å². The van der Waals surface area contributed by atoms with Crippen molar-refractivity contribution in [3.8, 4) is 5.00 Å². The molecule has 0 aliphatic carbocycles. The quantitative estimate of drug-likeness (QED) is 0.335. The van der Waals surface area contributed by atoms with Gasteiger partial charge in [0.2, 0.25) is 0 Å². The molecular weight excluding hydrogens is 456 g/mol. The van der Waals surface area contributed by atoms with Crippen LogP contribution in [0.1, 0.15) is 56.0 Å². The zero-order chi connectivity index (χ0) is 23.3. The second-order valence-corrected chi connectivity index (χ2v) is 10.5. The number of aliphatic imine (C=N–C) groups is 1. The Balaban J connectivity index is 1.75. The van der Waals surface area contributed by atoms with Crippen LogP contribution in [0.5, 0.6) is 0 Å². The maximum atomic E-state index is 12.8. The lowest BCUT2D eigenvalue weighted by molar-refractivity contribution is -0.155. The number of aromatic nitrogens is 3. The minimum absolute atomic E-state index is 0.0688. The fourth-order valence-electron chi connectivity index (χ4n) is 4.05. The first kappa shape index (κ1) is 21.8. The summed E-state index contributed by atoms with van der Waals surface area (Å²) in [6.45, 7) is 7.49. The van der Waals surface area contributed by atoms with Crippen molar-refractivity contribution in [2.45, 2.75) is 45.8 Å². The standard InChI is InChI=1S/C25H23ClN4O2S/c1-14-28-29-23-18(13-20(31)32-25(2,3)4)27-22(15-9-11-16(26)12-10-15)21-17-7-5-6-8-19(17)33-24(21)30(14)23/h5-12,18H,13H2,1-4H3/t18-/m0/s1. The summed E-state index contributed by atoms with van der Waals surface area (Å²) in [6.07, 6.45) is 0.0688.